The van der Waals surface area contributed by atoms with Gasteiger partial charge in [-0.15, -0.1) is 0 Å². The van der Waals surface area contributed by atoms with E-state index < -0.39 is 0 Å². The molecule has 2 aliphatic rings. The van der Waals surface area contributed by atoms with Crippen LogP contribution in [0.5, 0.6) is 5.75 Å². The normalized spacial score (nSPS) is 21.5. The molecule has 0 bridgehead atoms. The number of piperidine rings is 1. The van der Waals surface area contributed by atoms with Crippen LogP contribution in [-0.2, 0) is 9.59 Å². The van der Waals surface area contributed by atoms with Crippen LogP contribution >= 0.6 is 0 Å². The average Bonchev–Trinajstić information content (AvgIpc) is 3.46. The Balaban J connectivity index is 1.44. The van der Waals surface area contributed by atoms with Crippen LogP contribution in [0.25, 0.3) is 0 Å². The van der Waals surface area contributed by atoms with Gasteiger partial charge in [-0.3, -0.25) is 9.59 Å². The highest BCUT2D eigenvalue weighted by Crippen LogP contribution is 2.32. The molecular formula is C20H28N2O3. The summed E-state index contributed by atoms with van der Waals surface area (Å²) < 4.78 is 5.73. The number of nitrogens with zero attached hydrogens (tertiary/aromatic N) is 1. The molecule has 1 aliphatic heterocycles. The van der Waals surface area contributed by atoms with E-state index in [0.717, 1.165) is 38.0 Å². The minimum Gasteiger partial charge on any atom is -0.491 e. The second-order valence-corrected chi connectivity index (χ2v) is 7.43. The second-order valence-electron chi connectivity index (χ2n) is 7.43. The van der Waals surface area contributed by atoms with Gasteiger partial charge in [-0.2, -0.15) is 0 Å². The Hall–Kier alpha value is -2.04. The Labute approximate surface area is 149 Å². The first-order valence-electron chi connectivity index (χ1n) is 9.31. The molecular weight excluding hydrogens is 316 g/mol. The third-order valence-corrected chi connectivity index (χ3v) is 4.94. The van der Waals surface area contributed by atoms with Crippen LogP contribution in [0, 0.1) is 18.8 Å². The van der Waals surface area contributed by atoms with Gasteiger partial charge in [0.05, 0.1) is 12.0 Å². The number of amides is 2. The largest absolute Gasteiger partial charge is 0.491 e. The van der Waals surface area contributed by atoms with Crippen molar-refractivity contribution >= 4 is 11.8 Å². The number of rotatable bonds is 6. The summed E-state index contributed by atoms with van der Waals surface area (Å²) in [5.41, 5.74) is 1.19. The Morgan fingerprint density at radius 2 is 1.92 bits per heavy atom. The maximum atomic E-state index is 12.5. The maximum absolute atomic E-state index is 12.5. The third-order valence-electron chi connectivity index (χ3n) is 4.94. The average molecular weight is 344 g/mol. The smallest absolute Gasteiger partial charge is 0.225 e. The molecule has 1 aromatic carbocycles. The summed E-state index contributed by atoms with van der Waals surface area (Å²) in [6.45, 7) is 5.78. The van der Waals surface area contributed by atoms with Crippen molar-refractivity contribution in [3.05, 3.63) is 29.8 Å². The highest BCUT2D eigenvalue weighted by molar-refractivity contribution is 5.83. The summed E-state index contributed by atoms with van der Waals surface area (Å²) in [5, 5.41) is 3.03. The van der Waals surface area contributed by atoms with Gasteiger partial charge >= 0.3 is 0 Å². The topological polar surface area (TPSA) is 58.6 Å². The van der Waals surface area contributed by atoms with E-state index >= 15 is 0 Å². The molecule has 5 heteroatoms. The molecule has 5 nitrogen and oxygen atoms in total. The van der Waals surface area contributed by atoms with Gasteiger partial charge in [0.25, 0.3) is 0 Å². The number of aryl methyl sites for hydroxylation is 1. The number of carbonyl (C=O) groups excluding carboxylic acids is 2. The number of carbonyl (C=O) groups is 2. The molecule has 0 unspecified atom stereocenters. The van der Waals surface area contributed by atoms with E-state index in [2.05, 4.69) is 5.32 Å². The van der Waals surface area contributed by atoms with Crippen molar-refractivity contribution in [3.63, 3.8) is 0 Å². The number of ether oxygens (including phenoxy) is 1. The summed E-state index contributed by atoms with van der Waals surface area (Å²) in [6.07, 6.45) is 3.79. The monoisotopic (exact) mass is 344 g/mol. The summed E-state index contributed by atoms with van der Waals surface area (Å²) >= 11 is 0. The van der Waals surface area contributed by atoms with E-state index in [1.54, 1.807) is 0 Å². The molecule has 1 N–H and O–H groups in total. The van der Waals surface area contributed by atoms with Crippen LogP contribution in [0.15, 0.2) is 24.3 Å². The van der Waals surface area contributed by atoms with Crippen LogP contribution in [0.1, 0.15) is 38.2 Å². The molecule has 0 spiro atoms. The Kier molecular flexibility index (Phi) is 5.61. The lowest BCUT2D eigenvalue weighted by Gasteiger charge is -2.32. The van der Waals surface area contributed by atoms with E-state index in [0.29, 0.717) is 13.2 Å². The molecule has 3 rings (SSSR count). The van der Waals surface area contributed by atoms with Gasteiger partial charge in [0.15, 0.2) is 0 Å². The first-order chi connectivity index (χ1) is 12.0. The number of hydrogen-bond acceptors (Lipinski definition) is 3. The summed E-state index contributed by atoms with van der Waals surface area (Å²) in [6, 6.07) is 7.82. The fourth-order valence-electron chi connectivity index (χ4n) is 3.24. The van der Waals surface area contributed by atoms with Crippen LogP contribution in [0.2, 0.25) is 0 Å². The van der Waals surface area contributed by atoms with Crippen molar-refractivity contribution in [1.82, 2.24) is 10.2 Å². The zero-order chi connectivity index (χ0) is 17.8. The minimum atomic E-state index is -0.0988. The molecule has 1 saturated heterocycles. The molecule has 1 aliphatic carbocycles. The number of hydrogen-bond donors (Lipinski definition) is 1. The van der Waals surface area contributed by atoms with E-state index in [1.807, 2.05) is 43.0 Å². The molecule has 2 amide bonds. The van der Waals surface area contributed by atoms with Gasteiger partial charge in [-0.1, -0.05) is 17.7 Å². The summed E-state index contributed by atoms with van der Waals surface area (Å²) in [7, 11) is 0. The van der Waals surface area contributed by atoms with Gasteiger partial charge in [-0.05, 0) is 51.7 Å². The lowest BCUT2D eigenvalue weighted by atomic mass is 9.96. The van der Waals surface area contributed by atoms with Crippen molar-refractivity contribution in [1.29, 1.82) is 0 Å². The predicted molar refractivity (Wildman–Crippen MR) is 96.3 cm³/mol. The van der Waals surface area contributed by atoms with Gasteiger partial charge in [0.2, 0.25) is 11.8 Å². The first-order valence-corrected chi connectivity index (χ1v) is 9.31. The van der Waals surface area contributed by atoms with Gasteiger partial charge in [0, 0.05) is 19.0 Å². The highest BCUT2D eigenvalue weighted by Gasteiger charge is 2.36. The van der Waals surface area contributed by atoms with E-state index in [9.17, 15) is 9.59 Å². The molecule has 2 fully saturated rings. The molecule has 0 radical (unpaired) electrons. The number of nitrogens with one attached hydrogen (secondary N) is 1. The van der Waals surface area contributed by atoms with E-state index in [-0.39, 0.29) is 29.7 Å². The van der Waals surface area contributed by atoms with Crippen molar-refractivity contribution in [2.75, 3.05) is 19.7 Å². The minimum absolute atomic E-state index is 0.0355. The lowest BCUT2D eigenvalue weighted by Crippen LogP contribution is -2.48. The molecule has 1 aromatic rings. The maximum Gasteiger partial charge on any atom is 0.225 e. The van der Waals surface area contributed by atoms with Crippen LogP contribution in [0.3, 0.4) is 0 Å². The SMILES string of the molecule is Cc1ccc(OC[C@H](C)NC(=O)[C@@H]2CCCN(C(=O)C3CC3)C2)cc1. The summed E-state index contributed by atoms with van der Waals surface area (Å²) in [5.74, 6) is 1.22. The molecule has 2 atom stereocenters. The molecule has 1 heterocycles. The van der Waals surface area contributed by atoms with Gasteiger partial charge in [0.1, 0.15) is 12.4 Å². The Morgan fingerprint density at radius 3 is 2.60 bits per heavy atom. The molecule has 0 aromatic heterocycles. The molecule has 1 saturated carbocycles. The summed E-state index contributed by atoms with van der Waals surface area (Å²) in [4.78, 5) is 26.6. The number of likely N-dealkylation sites (tertiary alicyclic amines) is 1. The lowest BCUT2D eigenvalue weighted by molar-refractivity contribution is -0.137. The Bertz CT molecular complexity index is 610. The quantitative estimate of drug-likeness (QED) is 0.863. The van der Waals surface area contributed by atoms with E-state index in [1.165, 1.54) is 5.56 Å². The first kappa shape index (κ1) is 17.8. The molecule has 136 valence electrons. The zero-order valence-corrected chi connectivity index (χ0v) is 15.2. The fraction of sp³-hybridized carbons (Fsp3) is 0.600. The van der Waals surface area contributed by atoms with Crippen LogP contribution < -0.4 is 10.1 Å². The van der Waals surface area contributed by atoms with Gasteiger partial charge < -0.3 is 15.0 Å². The Morgan fingerprint density at radius 1 is 1.20 bits per heavy atom. The third kappa shape index (κ3) is 4.97. The van der Waals surface area contributed by atoms with Crippen molar-refractivity contribution in [2.45, 2.75) is 45.6 Å². The van der Waals surface area contributed by atoms with E-state index in [4.69, 9.17) is 4.74 Å². The van der Waals surface area contributed by atoms with Crippen LogP contribution in [0.4, 0.5) is 0 Å². The highest BCUT2D eigenvalue weighted by atomic mass is 16.5. The van der Waals surface area contributed by atoms with Gasteiger partial charge in [-0.25, -0.2) is 0 Å². The zero-order valence-electron chi connectivity index (χ0n) is 15.2. The van der Waals surface area contributed by atoms with Crippen molar-refractivity contribution in [2.24, 2.45) is 11.8 Å². The van der Waals surface area contributed by atoms with Crippen molar-refractivity contribution in [3.8, 4) is 5.75 Å². The standard InChI is InChI=1S/C20H28N2O3/c1-14-5-9-18(10-6-14)25-13-15(2)21-19(23)17-4-3-11-22(12-17)20(24)16-7-8-16/h5-6,9-10,15-17H,3-4,7-8,11-13H2,1-2H3,(H,21,23)/t15-,17+/m0/s1. The van der Waals surface area contributed by atoms with Crippen molar-refractivity contribution < 1.29 is 14.3 Å². The fourth-order valence-corrected chi connectivity index (χ4v) is 3.24. The predicted octanol–water partition coefficient (Wildman–Crippen LogP) is 2.53. The van der Waals surface area contributed by atoms with Crippen LogP contribution in [-0.4, -0.2) is 42.5 Å². The number of benzene rings is 1. The second kappa shape index (κ2) is 7.89. The molecule has 25 heavy (non-hydrogen) atoms.